The lowest BCUT2D eigenvalue weighted by Gasteiger charge is -2.20. The SMILES string of the molecule is CCC(CNC(=NC)NCCc1nnc2ccccn12)Oc1cccc(C(F)(F)F)c1.I. The summed E-state index contributed by atoms with van der Waals surface area (Å²) in [5.74, 6) is 1.59. The van der Waals surface area contributed by atoms with Crippen molar-refractivity contribution >= 4 is 35.6 Å². The van der Waals surface area contributed by atoms with Gasteiger partial charge in [-0.2, -0.15) is 13.2 Å². The molecule has 1 unspecified atom stereocenters. The average molecular weight is 562 g/mol. The second-order valence-electron chi connectivity index (χ2n) is 6.85. The van der Waals surface area contributed by atoms with E-state index in [1.165, 1.54) is 12.1 Å². The van der Waals surface area contributed by atoms with Gasteiger partial charge in [0, 0.05) is 26.2 Å². The summed E-state index contributed by atoms with van der Waals surface area (Å²) in [6.45, 7) is 2.88. The number of fused-ring (bicyclic) bond motifs is 1. The van der Waals surface area contributed by atoms with Crippen molar-refractivity contribution in [3.8, 4) is 5.75 Å². The van der Waals surface area contributed by atoms with Crippen LogP contribution in [0, 0.1) is 0 Å². The molecule has 7 nitrogen and oxygen atoms in total. The molecule has 11 heteroatoms. The largest absolute Gasteiger partial charge is 0.489 e. The zero-order valence-electron chi connectivity index (χ0n) is 17.8. The van der Waals surface area contributed by atoms with Gasteiger partial charge in [0.05, 0.1) is 12.1 Å². The van der Waals surface area contributed by atoms with Gasteiger partial charge in [-0.05, 0) is 36.8 Å². The molecule has 2 N–H and O–H groups in total. The number of halogens is 4. The predicted molar refractivity (Wildman–Crippen MR) is 128 cm³/mol. The molecule has 3 aromatic rings. The summed E-state index contributed by atoms with van der Waals surface area (Å²) in [4.78, 5) is 4.18. The van der Waals surface area contributed by atoms with Gasteiger partial charge < -0.3 is 15.4 Å². The number of hydrogen-bond donors (Lipinski definition) is 2. The Morgan fingerprint density at radius 2 is 1.97 bits per heavy atom. The third-order valence-corrected chi connectivity index (χ3v) is 4.67. The van der Waals surface area contributed by atoms with E-state index in [2.05, 4.69) is 25.8 Å². The smallest absolute Gasteiger partial charge is 0.416 e. The molecule has 3 rings (SSSR count). The lowest BCUT2D eigenvalue weighted by atomic mass is 10.2. The van der Waals surface area contributed by atoms with E-state index in [0.29, 0.717) is 31.9 Å². The molecule has 0 bridgehead atoms. The minimum Gasteiger partial charge on any atom is -0.489 e. The van der Waals surface area contributed by atoms with Crippen molar-refractivity contribution in [2.75, 3.05) is 20.1 Å². The van der Waals surface area contributed by atoms with E-state index in [1.807, 2.05) is 35.7 Å². The summed E-state index contributed by atoms with van der Waals surface area (Å²) < 4.78 is 46.3. The Morgan fingerprint density at radius 3 is 2.69 bits per heavy atom. The topological polar surface area (TPSA) is 75.8 Å². The van der Waals surface area contributed by atoms with E-state index in [9.17, 15) is 13.2 Å². The Morgan fingerprint density at radius 1 is 1.16 bits per heavy atom. The number of hydrogen-bond acceptors (Lipinski definition) is 4. The summed E-state index contributed by atoms with van der Waals surface area (Å²) in [7, 11) is 1.65. The van der Waals surface area contributed by atoms with Crippen molar-refractivity contribution in [2.24, 2.45) is 4.99 Å². The highest BCUT2D eigenvalue weighted by Crippen LogP contribution is 2.31. The van der Waals surface area contributed by atoms with Gasteiger partial charge in [0.1, 0.15) is 17.7 Å². The molecule has 0 radical (unpaired) electrons. The van der Waals surface area contributed by atoms with E-state index < -0.39 is 11.7 Å². The molecule has 32 heavy (non-hydrogen) atoms. The van der Waals surface area contributed by atoms with Gasteiger partial charge in [-0.25, -0.2) is 0 Å². The molecule has 0 amide bonds. The molecule has 1 aromatic carbocycles. The van der Waals surface area contributed by atoms with Crippen molar-refractivity contribution < 1.29 is 17.9 Å². The average Bonchev–Trinajstić information content (AvgIpc) is 3.18. The highest BCUT2D eigenvalue weighted by Gasteiger charge is 2.30. The maximum Gasteiger partial charge on any atom is 0.416 e. The number of nitrogens with zero attached hydrogens (tertiary/aromatic N) is 4. The molecule has 0 saturated heterocycles. The Labute approximate surface area is 201 Å². The molecule has 0 aliphatic rings. The minimum absolute atomic E-state index is 0. The van der Waals surface area contributed by atoms with Gasteiger partial charge in [-0.1, -0.05) is 19.1 Å². The number of nitrogens with one attached hydrogen (secondary N) is 2. The normalized spacial score (nSPS) is 12.8. The van der Waals surface area contributed by atoms with Gasteiger partial charge in [0.15, 0.2) is 11.6 Å². The van der Waals surface area contributed by atoms with Crippen molar-refractivity contribution in [3.05, 3.63) is 60.0 Å². The molecule has 0 aliphatic carbocycles. The zero-order chi connectivity index (χ0) is 22.3. The number of rotatable bonds is 8. The van der Waals surface area contributed by atoms with Gasteiger partial charge in [-0.3, -0.25) is 9.39 Å². The number of benzene rings is 1. The van der Waals surface area contributed by atoms with Crippen molar-refractivity contribution in [1.29, 1.82) is 0 Å². The number of aromatic nitrogens is 3. The second kappa shape index (κ2) is 11.9. The molecule has 0 aliphatic heterocycles. The number of guanidine groups is 1. The van der Waals surface area contributed by atoms with E-state index in [0.717, 1.165) is 23.6 Å². The Hall–Kier alpha value is -2.57. The van der Waals surface area contributed by atoms with Crippen molar-refractivity contribution in [2.45, 2.75) is 32.0 Å². The van der Waals surface area contributed by atoms with Crippen LogP contribution < -0.4 is 15.4 Å². The fraction of sp³-hybridized carbons (Fsp3) is 0.381. The van der Waals surface area contributed by atoms with Crippen LogP contribution in [-0.4, -0.2) is 46.8 Å². The Bertz CT molecular complexity index is 1020. The van der Waals surface area contributed by atoms with Crippen LogP contribution in [0.3, 0.4) is 0 Å². The van der Waals surface area contributed by atoms with E-state index >= 15 is 0 Å². The molecule has 174 valence electrons. The van der Waals surface area contributed by atoms with Crippen LogP contribution in [0.2, 0.25) is 0 Å². The quantitative estimate of drug-likeness (QED) is 0.247. The Balaban J connectivity index is 0.00000363. The molecule has 2 aromatic heterocycles. The van der Waals surface area contributed by atoms with Crippen LogP contribution in [0.15, 0.2) is 53.7 Å². The van der Waals surface area contributed by atoms with Gasteiger partial charge >= 0.3 is 6.18 Å². The van der Waals surface area contributed by atoms with Crippen LogP contribution in [-0.2, 0) is 12.6 Å². The highest BCUT2D eigenvalue weighted by atomic mass is 127. The third kappa shape index (κ3) is 6.97. The van der Waals surface area contributed by atoms with E-state index in [1.54, 1.807) is 7.05 Å². The lowest BCUT2D eigenvalue weighted by Crippen LogP contribution is -2.43. The zero-order valence-corrected chi connectivity index (χ0v) is 20.1. The molecular formula is C21H26F3IN6O. The van der Waals surface area contributed by atoms with E-state index in [-0.39, 0.29) is 35.8 Å². The fourth-order valence-electron chi connectivity index (χ4n) is 2.99. The van der Waals surface area contributed by atoms with Crippen LogP contribution >= 0.6 is 24.0 Å². The molecule has 0 saturated carbocycles. The first kappa shape index (κ1) is 25.7. The maximum atomic E-state index is 12.9. The highest BCUT2D eigenvalue weighted by molar-refractivity contribution is 14.0. The van der Waals surface area contributed by atoms with Crippen molar-refractivity contribution in [1.82, 2.24) is 25.2 Å². The number of aliphatic imine (C=N–C) groups is 1. The number of alkyl halides is 3. The lowest BCUT2D eigenvalue weighted by molar-refractivity contribution is -0.137. The Kier molecular flexibility index (Phi) is 9.54. The summed E-state index contributed by atoms with van der Waals surface area (Å²) in [6, 6.07) is 10.6. The maximum absolute atomic E-state index is 12.9. The first-order chi connectivity index (χ1) is 14.9. The second-order valence-corrected chi connectivity index (χ2v) is 6.85. The summed E-state index contributed by atoms with van der Waals surface area (Å²) in [6.07, 6.45) is -1.55. The van der Waals surface area contributed by atoms with Crippen LogP contribution in [0.5, 0.6) is 5.75 Å². The number of ether oxygens (including phenoxy) is 1. The van der Waals surface area contributed by atoms with Crippen LogP contribution in [0.4, 0.5) is 13.2 Å². The van der Waals surface area contributed by atoms with Gasteiger partial charge in [-0.15, -0.1) is 34.2 Å². The number of pyridine rings is 1. The first-order valence-electron chi connectivity index (χ1n) is 9.97. The molecule has 0 fully saturated rings. The predicted octanol–water partition coefficient (Wildman–Crippen LogP) is 3.93. The summed E-state index contributed by atoms with van der Waals surface area (Å²) in [5.41, 5.74) is 0.0591. The third-order valence-electron chi connectivity index (χ3n) is 4.67. The molecule has 1 atom stereocenters. The minimum atomic E-state index is -4.40. The standard InChI is InChI=1S/C21H25F3N6O.HI/c1-3-16(31-17-8-6-7-15(13-17)21(22,23)24)14-27-20(25-2)26-11-10-19-29-28-18-9-4-5-12-30(18)19;/h4-9,12-13,16H,3,10-11,14H2,1-2H3,(H2,25,26,27);1H. The van der Waals surface area contributed by atoms with Gasteiger partial charge in [0.2, 0.25) is 0 Å². The summed E-state index contributed by atoms with van der Waals surface area (Å²) >= 11 is 0. The molecule has 0 spiro atoms. The fourth-order valence-corrected chi connectivity index (χ4v) is 2.99. The summed E-state index contributed by atoms with van der Waals surface area (Å²) in [5, 5.41) is 14.7. The van der Waals surface area contributed by atoms with Crippen LogP contribution in [0.1, 0.15) is 24.7 Å². The monoisotopic (exact) mass is 562 g/mol. The molecule has 2 heterocycles. The van der Waals surface area contributed by atoms with Gasteiger partial charge in [0.25, 0.3) is 0 Å². The molecular weight excluding hydrogens is 536 g/mol. The first-order valence-corrected chi connectivity index (χ1v) is 9.97. The van der Waals surface area contributed by atoms with Crippen molar-refractivity contribution in [3.63, 3.8) is 0 Å². The van der Waals surface area contributed by atoms with Crippen LogP contribution in [0.25, 0.3) is 5.65 Å². The van der Waals surface area contributed by atoms with E-state index in [4.69, 9.17) is 4.74 Å².